The summed E-state index contributed by atoms with van der Waals surface area (Å²) in [5.74, 6) is 0.830. The summed E-state index contributed by atoms with van der Waals surface area (Å²) in [4.78, 5) is 6.95. The van der Waals surface area contributed by atoms with Gasteiger partial charge in [-0.15, -0.1) is 0 Å². The number of oxazole rings is 1. The van der Waals surface area contributed by atoms with E-state index in [4.69, 9.17) is 4.42 Å². The second kappa shape index (κ2) is 4.47. The fraction of sp³-hybridized carbons (Fsp3) is 0.462. The van der Waals surface area contributed by atoms with Crippen LogP contribution in [0.25, 0.3) is 11.1 Å². The molecule has 0 bridgehead atoms. The summed E-state index contributed by atoms with van der Waals surface area (Å²) in [6, 6.07) is 6.06. The highest BCUT2D eigenvalue weighted by Gasteiger charge is 2.14. The molecular formula is C13H17N3O. The summed E-state index contributed by atoms with van der Waals surface area (Å²) in [7, 11) is 0. The van der Waals surface area contributed by atoms with Crippen LogP contribution in [0.5, 0.6) is 0 Å². The molecule has 4 nitrogen and oxygen atoms in total. The van der Waals surface area contributed by atoms with Crippen molar-refractivity contribution in [3.05, 3.63) is 29.7 Å². The second-order valence-corrected chi connectivity index (χ2v) is 4.56. The zero-order valence-corrected chi connectivity index (χ0v) is 10.1. The Morgan fingerprint density at radius 3 is 2.94 bits per heavy atom. The molecular weight excluding hydrogens is 214 g/mol. The van der Waals surface area contributed by atoms with Crippen LogP contribution < -0.4 is 5.32 Å². The summed E-state index contributed by atoms with van der Waals surface area (Å²) >= 11 is 0. The Kier molecular flexibility index (Phi) is 2.82. The molecule has 0 aliphatic carbocycles. The Balaban J connectivity index is 1.83. The van der Waals surface area contributed by atoms with Gasteiger partial charge in [-0.25, -0.2) is 4.98 Å². The van der Waals surface area contributed by atoms with Crippen LogP contribution in [0.3, 0.4) is 0 Å². The van der Waals surface area contributed by atoms with Crippen molar-refractivity contribution in [2.75, 3.05) is 26.2 Å². The molecule has 0 amide bonds. The zero-order valence-electron chi connectivity index (χ0n) is 10.1. The van der Waals surface area contributed by atoms with Crippen LogP contribution in [0, 0.1) is 6.92 Å². The van der Waals surface area contributed by atoms with Gasteiger partial charge in [0, 0.05) is 26.2 Å². The molecule has 3 rings (SSSR count). The second-order valence-electron chi connectivity index (χ2n) is 4.56. The van der Waals surface area contributed by atoms with E-state index in [1.165, 1.54) is 5.56 Å². The van der Waals surface area contributed by atoms with Gasteiger partial charge >= 0.3 is 0 Å². The van der Waals surface area contributed by atoms with Crippen molar-refractivity contribution in [3.63, 3.8) is 0 Å². The molecule has 90 valence electrons. The lowest BCUT2D eigenvalue weighted by Gasteiger charge is -2.25. The van der Waals surface area contributed by atoms with Crippen molar-refractivity contribution in [1.29, 1.82) is 0 Å². The van der Waals surface area contributed by atoms with E-state index in [2.05, 4.69) is 28.2 Å². The molecule has 0 radical (unpaired) electrons. The Morgan fingerprint density at radius 1 is 1.35 bits per heavy atom. The van der Waals surface area contributed by atoms with Crippen LogP contribution in [-0.2, 0) is 6.54 Å². The molecule has 2 aromatic rings. The van der Waals surface area contributed by atoms with E-state index < -0.39 is 0 Å². The number of aromatic nitrogens is 1. The number of benzene rings is 1. The summed E-state index contributed by atoms with van der Waals surface area (Å²) in [5, 5.41) is 3.34. The minimum absolute atomic E-state index is 0.815. The van der Waals surface area contributed by atoms with Crippen molar-refractivity contribution >= 4 is 11.1 Å². The topological polar surface area (TPSA) is 41.3 Å². The number of rotatable bonds is 2. The molecule has 4 heteroatoms. The summed E-state index contributed by atoms with van der Waals surface area (Å²) in [6.07, 6.45) is 0. The van der Waals surface area contributed by atoms with Gasteiger partial charge in [0.05, 0.1) is 6.54 Å². The van der Waals surface area contributed by atoms with Gasteiger partial charge in [0.1, 0.15) is 5.52 Å². The number of hydrogen-bond donors (Lipinski definition) is 1. The van der Waals surface area contributed by atoms with Gasteiger partial charge in [0.2, 0.25) is 5.89 Å². The van der Waals surface area contributed by atoms with Gasteiger partial charge in [-0.1, -0.05) is 12.1 Å². The van der Waals surface area contributed by atoms with E-state index in [0.717, 1.165) is 49.7 Å². The molecule has 1 fully saturated rings. The molecule has 1 N–H and O–H groups in total. The highest BCUT2D eigenvalue weighted by molar-refractivity contribution is 5.76. The molecule has 1 saturated heterocycles. The number of hydrogen-bond acceptors (Lipinski definition) is 4. The Labute approximate surface area is 101 Å². The van der Waals surface area contributed by atoms with Gasteiger partial charge < -0.3 is 9.73 Å². The monoisotopic (exact) mass is 231 g/mol. The molecule has 0 unspecified atom stereocenters. The molecule has 17 heavy (non-hydrogen) atoms. The normalized spacial score (nSPS) is 17.7. The van der Waals surface area contributed by atoms with E-state index in [0.29, 0.717) is 0 Å². The first-order valence-corrected chi connectivity index (χ1v) is 6.11. The van der Waals surface area contributed by atoms with Crippen LogP contribution in [0.1, 0.15) is 11.5 Å². The van der Waals surface area contributed by atoms with Crippen LogP contribution in [-0.4, -0.2) is 36.1 Å². The van der Waals surface area contributed by atoms with E-state index >= 15 is 0 Å². The van der Waals surface area contributed by atoms with Gasteiger partial charge in [-0.3, -0.25) is 4.90 Å². The molecule has 0 saturated carbocycles. The zero-order chi connectivity index (χ0) is 11.7. The average Bonchev–Trinajstić information content (AvgIpc) is 2.74. The van der Waals surface area contributed by atoms with Gasteiger partial charge in [-0.05, 0) is 18.6 Å². The molecule has 1 aliphatic heterocycles. The highest BCUT2D eigenvalue weighted by atomic mass is 16.3. The maximum Gasteiger partial charge on any atom is 0.209 e. The first kappa shape index (κ1) is 10.7. The van der Waals surface area contributed by atoms with Crippen molar-refractivity contribution in [2.45, 2.75) is 13.5 Å². The third kappa shape index (κ3) is 2.18. The quantitative estimate of drug-likeness (QED) is 0.851. The van der Waals surface area contributed by atoms with E-state index in [9.17, 15) is 0 Å². The lowest BCUT2D eigenvalue weighted by atomic mass is 10.2. The smallest absolute Gasteiger partial charge is 0.209 e. The van der Waals surface area contributed by atoms with E-state index in [-0.39, 0.29) is 0 Å². The van der Waals surface area contributed by atoms with Crippen LogP contribution in [0.4, 0.5) is 0 Å². The van der Waals surface area contributed by atoms with Crippen LogP contribution in [0.15, 0.2) is 22.6 Å². The first-order chi connectivity index (χ1) is 8.33. The summed E-state index contributed by atoms with van der Waals surface area (Å²) < 4.78 is 5.78. The Bertz CT molecular complexity index is 514. The van der Waals surface area contributed by atoms with Gasteiger partial charge in [0.25, 0.3) is 0 Å². The van der Waals surface area contributed by atoms with E-state index in [1.807, 2.05) is 12.1 Å². The molecule has 2 heterocycles. The SMILES string of the molecule is Cc1cccc2oc(CN3CCNCC3)nc12. The minimum atomic E-state index is 0.815. The first-order valence-electron chi connectivity index (χ1n) is 6.11. The van der Waals surface area contributed by atoms with Crippen LogP contribution >= 0.6 is 0 Å². The van der Waals surface area contributed by atoms with Crippen molar-refractivity contribution in [2.24, 2.45) is 0 Å². The Morgan fingerprint density at radius 2 is 2.18 bits per heavy atom. The predicted molar refractivity (Wildman–Crippen MR) is 66.9 cm³/mol. The average molecular weight is 231 g/mol. The number of para-hydroxylation sites is 1. The van der Waals surface area contributed by atoms with Gasteiger partial charge in [-0.2, -0.15) is 0 Å². The number of nitrogens with zero attached hydrogens (tertiary/aromatic N) is 2. The molecule has 0 atom stereocenters. The lowest BCUT2D eigenvalue weighted by molar-refractivity contribution is 0.214. The molecule has 1 aromatic carbocycles. The maximum absolute atomic E-state index is 5.78. The van der Waals surface area contributed by atoms with Crippen molar-refractivity contribution in [1.82, 2.24) is 15.2 Å². The fourth-order valence-corrected chi connectivity index (χ4v) is 2.26. The fourth-order valence-electron chi connectivity index (χ4n) is 2.26. The third-order valence-electron chi connectivity index (χ3n) is 3.23. The van der Waals surface area contributed by atoms with E-state index in [1.54, 1.807) is 0 Å². The van der Waals surface area contributed by atoms with Crippen molar-refractivity contribution in [3.8, 4) is 0 Å². The summed E-state index contributed by atoms with van der Waals surface area (Å²) in [5.41, 5.74) is 3.07. The molecule has 1 aromatic heterocycles. The predicted octanol–water partition coefficient (Wildman–Crippen LogP) is 1.54. The molecule has 0 spiro atoms. The highest BCUT2D eigenvalue weighted by Crippen LogP contribution is 2.19. The Hall–Kier alpha value is -1.39. The molecule has 1 aliphatic rings. The third-order valence-corrected chi connectivity index (χ3v) is 3.23. The maximum atomic E-state index is 5.78. The lowest BCUT2D eigenvalue weighted by Crippen LogP contribution is -2.42. The minimum Gasteiger partial charge on any atom is -0.439 e. The standard InChI is InChI=1S/C13H17N3O/c1-10-3-2-4-11-13(10)15-12(17-11)9-16-7-5-14-6-8-16/h2-4,14H,5-9H2,1H3. The van der Waals surface area contributed by atoms with Gasteiger partial charge in [0.15, 0.2) is 5.58 Å². The van der Waals surface area contributed by atoms with Crippen LogP contribution in [0.2, 0.25) is 0 Å². The number of aryl methyl sites for hydroxylation is 1. The summed E-state index contributed by atoms with van der Waals surface area (Å²) in [6.45, 7) is 7.13. The van der Waals surface area contributed by atoms with Crippen molar-refractivity contribution < 1.29 is 4.42 Å². The number of fused-ring (bicyclic) bond motifs is 1. The largest absolute Gasteiger partial charge is 0.439 e. The number of nitrogens with one attached hydrogen (secondary N) is 1. The number of piperazine rings is 1.